The highest BCUT2D eigenvalue weighted by Crippen LogP contribution is 2.38. The molecule has 0 radical (unpaired) electrons. The molecule has 2 atom stereocenters. The Morgan fingerprint density at radius 2 is 1.96 bits per heavy atom. The molecule has 25 heavy (non-hydrogen) atoms. The summed E-state index contributed by atoms with van der Waals surface area (Å²) in [6.07, 6.45) is 2.54. The molecule has 0 N–H and O–H groups in total. The molecule has 1 unspecified atom stereocenters. The molecule has 3 rings (SSSR count). The molecule has 2 aliphatic rings. The van der Waals surface area contributed by atoms with Crippen LogP contribution in [0.15, 0.2) is 30.3 Å². The maximum Gasteiger partial charge on any atom is 0.410 e. The smallest absolute Gasteiger partial charge is 0.410 e. The zero-order chi connectivity index (χ0) is 17.9. The van der Waals surface area contributed by atoms with Crippen molar-refractivity contribution in [1.82, 2.24) is 9.80 Å². The van der Waals surface area contributed by atoms with Crippen LogP contribution in [0.4, 0.5) is 4.79 Å². The second kappa shape index (κ2) is 7.44. The summed E-state index contributed by atoms with van der Waals surface area (Å²) in [6.45, 7) is 4.35. The topological polar surface area (TPSA) is 59.1 Å². The Morgan fingerprint density at radius 3 is 2.68 bits per heavy atom. The number of amides is 1. The van der Waals surface area contributed by atoms with Gasteiger partial charge in [-0.15, -0.1) is 0 Å². The van der Waals surface area contributed by atoms with Gasteiger partial charge in [-0.05, 0) is 31.7 Å². The Bertz CT molecular complexity index is 621. The first-order valence-corrected chi connectivity index (χ1v) is 8.86. The number of methoxy groups -OCH3 is 1. The van der Waals surface area contributed by atoms with Gasteiger partial charge in [-0.25, -0.2) is 4.79 Å². The van der Waals surface area contributed by atoms with Crippen LogP contribution in [-0.2, 0) is 20.9 Å². The SMILES string of the molecule is COC(=O)[C@H](C)N1CCC2(CCCN2C(=O)OCc2ccccc2)C1. The van der Waals surface area contributed by atoms with Crippen molar-refractivity contribution in [3.05, 3.63) is 35.9 Å². The summed E-state index contributed by atoms with van der Waals surface area (Å²) >= 11 is 0. The van der Waals surface area contributed by atoms with E-state index in [1.54, 1.807) is 0 Å². The number of carbonyl (C=O) groups is 2. The van der Waals surface area contributed by atoms with Crippen molar-refractivity contribution in [3.63, 3.8) is 0 Å². The van der Waals surface area contributed by atoms with Gasteiger partial charge in [-0.1, -0.05) is 30.3 Å². The Hall–Kier alpha value is -2.08. The number of rotatable bonds is 4. The van der Waals surface area contributed by atoms with Gasteiger partial charge in [-0.2, -0.15) is 0 Å². The molecule has 2 fully saturated rings. The zero-order valence-corrected chi connectivity index (χ0v) is 14.9. The quantitative estimate of drug-likeness (QED) is 0.784. The number of hydrogen-bond acceptors (Lipinski definition) is 5. The second-order valence-corrected chi connectivity index (χ2v) is 6.94. The molecule has 2 aliphatic heterocycles. The molecule has 1 aromatic carbocycles. The molecule has 1 aromatic rings. The largest absolute Gasteiger partial charge is 0.468 e. The number of hydrogen-bond donors (Lipinski definition) is 0. The van der Waals surface area contributed by atoms with Crippen molar-refractivity contribution in [3.8, 4) is 0 Å². The van der Waals surface area contributed by atoms with Crippen LogP contribution < -0.4 is 0 Å². The number of esters is 1. The number of likely N-dealkylation sites (tertiary alicyclic amines) is 2. The third-order valence-electron chi connectivity index (χ3n) is 5.47. The number of benzene rings is 1. The normalized spacial score (nSPS) is 24.5. The van der Waals surface area contributed by atoms with Crippen molar-refractivity contribution >= 4 is 12.1 Å². The minimum Gasteiger partial charge on any atom is -0.468 e. The summed E-state index contributed by atoms with van der Waals surface area (Å²) in [6, 6.07) is 9.42. The minimum absolute atomic E-state index is 0.212. The summed E-state index contributed by atoms with van der Waals surface area (Å²) in [5, 5.41) is 0. The van der Waals surface area contributed by atoms with E-state index >= 15 is 0 Å². The highest BCUT2D eigenvalue weighted by atomic mass is 16.6. The van der Waals surface area contributed by atoms with E-state index in [1.807, 2.05) is 42.2 Å². The molecule has 6 heteroatoms. The number of ether oxygens (including phenoxy) is 2. The summed E-state index contributed by atoms with van der Waals surface area (Å²) in [5.41, 5.74) is 0.771. The average molecular weight is 346 g/mol. The third-order valence-corrected chi connectivity index (χ3v) is 5.47. The predicted molar refractivity (Wildman–Crippen MR) is 93.0 cm³/mol. The zero-order valence-electron chi connectivity index (χ0n) is 14.9. The lowest BCUT2D eigenvalue weighted by Gasteiger charge is -2.35. The predicted octanol–water partition coefficient (Wildman–Crippen LogP) is 2.42. The van der Waals surface area contributed by atoms with Crippen LogP contribution in [0.3, 0.4) is 0 Å². The first kappa shape index (κ1) is 17.7. The van der Waals surface area contributed by atoms with Crippen molar-refractivity contribution in [1.29, 1.82) is 0 Å². The minimum atomic E-state index is -0.285. The van der Waals surface area contributed by atoms with Gasteiger partial charge in [0, 0.05) is 19.6 Å². The van der Waals surface area contributed by atoms with E-state index in [9.17, 15) is 9.59 Å². The van der Waals surface area contributed by atoms with Crippen molar-refractivity contribution in [2.24, 2.45) is 0 Å². The third kappa shape index (κ3) is 3.63. The Kier molecular flexibility index (Phi) is 5.27. The van der Waals surface area contributed by atoms with E-state index in [4.69, 9.17) is 9.47 Å². The molecule has 0 aromatic heterocycles. The van der Waals surface area contributed by atoms with Gasteiger partial charge in [0.2, 0.25) is 0 Å². The van der Waals surface area contributed by atoms with E-state index < -0.39 is 0 Å². The van der Waals surface area contributed by atoms with Gasteiger partial charge in [-0.3, -0.25) is 9.69 Å². The fourth-order valence-corrected chi connectivity index (χ4v) is 3.98. The fourth-order valence-electron chi connectivity index (χ4n) is 3.98. The lowest BCUT2D eigenvalue weighted by atomic mass is 9.95. The van der Waals surface area contributed by atoms with Crippen molar-refractivity contribution in [2.75, 3.05) is 26.7 Å². The van der Waals surface area contributed by atoms with Crippen LogP contribution in [0, 0.1) is 0 Å². The molecule has 1 amide bonds. The Balaban J connectivity index is 1.62. The lowest BCUT2D eigenvalue weighted by molar-refractivity contribution is -0.146. The van der Waals surface area contributed by atoms with Crippen LogP contribution in [0.1, 0.15) is 31.7 Å². The molecule has 0 aliphatic carbocycles. The molecular formula is C19H26N2O4. The van der Waals surface area contributed by atoms with E-state index in [1.165, 1.54) is 7.11 Å². The molecule has 1 spiro atoms. The molecule has 136 valence electrons. The molecule has 2 heterocycles. The first-order valence-electron chi connectivity index (χ1n) is 8.86. The maximum absolute atomic E-state index is 12.6. The number of nitrogens with zero attached hydrogens (tertiary/aromatic N) is 2. The van der Waals surface area contributed by atoms with Gasteiger partial charge < -0.3 is 14.4 Å². The van der Waals surface area contributed by atoms with Crippen LogP contribution in [0.25, 0.3) is 0 Å². The standard InChI is InChI=1S/C19H26N2O4/c1-15(17(22)24-2)20-12-10-19(14-20)9-6-11-21(19)18(23)25-13-16-7-4-3-5-8-16/h3-5,7-8,15H,6,9-14H2,1-2H3/t15-,19?/m0/s1. The van der Waals surface area contributed by atoms with Gasteiger partial charge in [0.05, 0.1) is 12.6 Å². The van der Waals surface area contributed by atoms with Gasteiger partial charge in [0.1, 0.15) is 12.6 Å². The first-order chi connectivity index (χ1) is 12.1. The Morgan fingerprint density at radius 1 is 1.20 bits per heavy atom. The average Bonchev–Trinajstić information content (AvgIpc) is 3.26. The molecule has 0 saturated carbocycles. The van der Waals surface area contributed by atoms with Gasteiger partial charge in [0.15, 0.2) is 0 Å². The highest BCUT2D eigenvalue weighted by Gasteiger charge is 2.50. The van der Waals surface area contributed by atoms with Crippen molar-refractivity contribution < 1.29 is 19.1 Å². The van der Waals surface area contributed by atoms with E-state index in [0.29, 0.717) is 13.1 Å². The summed E-state index contributed by atoms with van der Waals surface area (Å²) < 4.78 is 10.4. The molecule has 0 bridgehead atoms. The number of carbonyl (C=O) groups excluding carboxylic acids is 2. The van der Waals surface area contributed by atoms with E-state index in [2.05, 4.69) is 4.90 Å². The fraction of sp³-hybridized carbons (Fsp3) is 0.579. The second-order valence-electron chi connectivity index (χ2n) is 6.94. The Labute approximate surface area is 148 Å². The maximum atomic E-state index is 12.6. The van der Waals surface area contributed by atoms with Crippen LogP contribution in [0.5, 0.6) is 0 Å². The lowest BCUT2D eigenvalue weighted by Crippen LogP contribution is -2.50. The summed E-state index contributed by atoms with van der Waals surface area (Å²) in [5.74, 6) is -0.228. The van der Waals surface area contributed by atoms with E-state index in [0.717, 1.165) is 31.4 Å². The molecule has 6 nitrogen and oxygen atoms in total. The molecular weight excluding hydrogens is 320 g/mol. The van der Waals surface area contributed by atoms with E-state index in [-0.39, 0.29) is 30.3 Å². The molecule has 2 saturated heterocycles. The monoisotopic (exact) mass is 346 g/mol. The van der Waals surface area contributed by atoms with Crippen molar-refractivity contribution in [2.45, 2.75) is 44.4 Å². The highest BCUT2D eigenvalue weighted by molar-refractivity contribution is 5.75. The summed E-state index contributed by atoms with van der Waals surface area (Å²) in [4.78, 5) is 28.4. The summed E-state index contributed by atoms with van der Waals surface area (Å²) in [7, 11) is 1.41. The van der Waals surface area contributed by atoms with Crippen LogP contribution in [0.2, 0.25) is 0 Å². The van der Waals surface area contributed by atoms with Crippen LogP contribution in [-0.4, -0.2) is 60.2 Å². The van der Waals surface area contributed by atoms with Gasteiger partial charge >= 0.3 is 12.1 Å². The van der Waals surface area contributed by atoms with Crippen LogP contribution >= 0.6 is 0 Å². The van der Waals surface area contributed by atoms with Gasteiger partial charge in [0.25, 0.3) is 0 Å².